The molecule has 1 amide bonds. The fourth-order valence-corrected chi connectivity index (χ4v) is 9.71. The molecule has 3 nitrogen and oxygen atoms in total. The molecule has 3 atom stereocenters. The Kier molecular flexibility index (Phi) is 6.92. The van der Waals surface area contributed by atoms with Crippen molar-refractivity contribution >= 4 is 14.2 Å². The molecule has 4 heteroatoms. The lowest BCUT2D eigenvalue weighted by atomic mass is 9.49. The highest BCUT2D eigenvalue weighted by Crippen LogP contribution is 2.60. The van der Waals surface area contributed by atoms with Gasteiger partial charge in [0.2, 0.25) is 0 Å². The molecule has 0 spiro atoms. The Balaban J connectivity index is 2.40. The normalized spacial score (nSPS) is 25.1. The predicted octanol–water partition coefficient (Wildman–Crippen LogP) is 6.65. The van der Waals surface area contributed by atoms with Crippen molar-refractivity contribution < 1.29 is 9.53 Å². The van der Waals surface area contributed by atoms with Crippen molar-refractivity contribution in [2.24, 2.45) is 17.3 Å². The molecule has 0 radical (unpaired) electrons. The molecule has 1 fully saturated rings. The van der Waals surface area contributed by atoms with E-state index in [0.29, 0.717) is 11.3 Å². The number of amides is 1. The van der Waals surface area contributed by atoms with Crippen molar-refractivity contribution in [1.82, 2.24) is 4.90 Å². The summed E-state index contributed by atoms with van der Waals surface area (Å²) in [6, 6.07) is 3.84. The first kappa shape index (κ1) is 22.5. The van der Waals surface area contributed by atoms with Crippen LogP contribution in [-0.2, 0) is 4.74 Å². The van der Waals surface area contributed by atoms with Gasteiger partial charge in [0.1, 0.15) is 13.8 Å². The molecule has 0 aromatic heterocycles. The molecule has 1 saturated carbocycles. The van der Waals surface area contributed by atoms with Crippen LogP contribution in [0.25, 0.3) is 0 Å². The van der Waals surface area contributed by atoms with Gasteiger partial charge in [-0.2, -0.15) is 0 Å². The zero-order chi connectivity index (χ0) is 20.6. The molecule has 0 aromatic rings. The van der Waals surface area contributed by atoms with Crippen LogP contribution in [0, 0.1) is 17.3 Å². The van der Waals surface area contributed by atoms with Gasteiger partial charge >= 0.3 is 6.09 Å². The van der Waals surface area contributed by atoms with E-state index in [1.54, 1.807) is 0 Å². The zero-order valence-corrected chi connectivity index (χ0v) is 20.3. The van der Waals surface area contributed by atoms with Gasteiger partial charge in [0, 0.05) is 12.1 Å². The zero-order valence-electron chi connectivity index (χ0n) is 19.3. The van der Waals surface area contributed by atoms with Gasteiger partial charge in [0.15, 0.2) is 0 Å². The predicted molar refractivity (Wildman–Crippen MR) is 118 cm³/mol. The van der Waals surface area contributed by atoms with Crippen LogP contribution in [0.2, 0.25) is 18.1 Å². The number of ether oxygens (including phenoxy) is 1. The van der Waals surface area contributed by atoms with Gasteiger partial charge in [0.05, 0.1) is 0 Å². The van der Waals surface area contributed by atoms with E-state index in [-0.39, 0.29) is 23.9 Å². The molecule has 27 heavy (non-hydrogen) atoms. The SMILES string of the molecule is CC[Si](CC)(CC)[C@@H](OC(=O)N(C(C)C)C(C)C)C1=CC[C@H]2C[C@@H]1C2(C)C. The number of carbonyl (C=O) groups excluding carboxylic acids is 1. The lowest BCUT2D eigenvalue weighted by Gasteiger charge is -2.58. The van der Waals surface area contributed by atoms with Gasteiger partial charge < -0.3 is 9.64 Å². The summed E-state index contributed by atoms with van der Waals surface area (Å²) in [5.41, 5.74) is 1.87. The van der Waals surface area contributed by atoms with Crippen molar-refractivity contribution in [3.05, 3.63) is 11.6 Å². The first-order valence-corrected chi connectivity index (χ1v) is 13.9. The second-order valence-corrected chi connectivity index (χ2v) is 15.4. The molecular formula is C23H43NO2Si. The van der Waals surface area contributed by atoms with E-state index in [9.17, 15) is 4.79 Å². The Morgan fingerprint density at radius 1 is 1.15 bits per heavy atom. The molecule has 0 heterocycles. The van der Waals surface area contributed by atoms with Gasteiger partial charge in [-0.25, -0.2) is 4.79 Å². The molecule has 3 aliphatic carbocycles. The summed E-state index contributed by atoms with van der Waals surface area (Å²) >= 11 is 0. The van der Waals surface area contributed by atoms with Crippen LogP contribution in [-0.4, -0.2) is 36.9 Å². The third kappa shape index (κ3) is 3.88. The number of nitrogens with zero attached hydrogens (tertiary/aromatic N) is 1. The van der Waals surface area contributed by atoms with Gasteiger partial charge in [-0.15, -0.1) is 0 Å². The summed E-state index contributed by atoms with van der Waals surface area (Å²) in [4.78, 5) is 15.2. The largest absolute Gasteiger partial charge is 0.446 e. The second kappa shape index (κ2) is 8.30. The van der Waals surface area contributed by atoms with Crippen LogP contribution >= 0.6 is 0 Å². The second-order valence-electron chi connectivity index (χ2n) is 10.0. The summed E-state index contributed by atoms with van der Waals surface area (Å²) in [5.74, 6) is 1.41. The highest BCUT2D eigenvalue weighted by atomic mass is 28.3. The molecule has 156 valence electrons. The molecule has 0 saturated heterocycles. The Morgan fingerprint density at radius 3 is 2.04 bits per heavy atom. The maximum absolute atomic E-state index is 13.3. The van der Waals surface area contributed by atoms with E-state index in [4.69, 9.17) is 4.74 Å². The van der Waals surface area contributed by atoms with E-state index in [0.717, 1.165) is 12.3 Å². The molecule has 0 N–H and O–H groups in total. The number of hydrogen-bond donors (Lipinski definition) is 0. The molecule has 0 aliphatic heterocycles. The van der Waals surface area contributed by atoms with E-state index in [1.807, 2.05) is 4.90 Å². The molecule has 2 bridgehead atoms. The quantitative estimate of drug-likeness (QED) is 0.341. The standard InChI is InChI=1S/C23H43NO2Si/c1-10-27(11-2,12-3)21(26-22(25)24(16(4)5)17(6)7)19-14-13-18-15-20(19)23(18,8)9/h14,16-18,20-21H,10-13,15H2,1-9H3/t18-,20-,21+/m0/s1. The van der Waals surface area contributed by atoms with E-state index >= 15 is 0 Å². The minimum Gasteiger partial charge on any atom is -0.446 e. The van der Waals surface area contributed by atoms with Crippen LogP contribution in [0.5, 0.6) is 0 Å². The summed E-state index contributed by atoms with van der Waals surface area (Å²) in [7, 11) is -1.73. The van der Waals surface area contributed by atoms with E-state index in [2.05, 4.69) is 68.4 Å². The Labute approximate surface area is 168 Å². The lowest BCUT2D eigenvalue weighted by Crippen LogP contribution is -2.58. The Hall–Kier alpha value is -0.773. The van der Waals surface area contributed by atoms with E-state index < -0.39 is 8.07 Å². The maximum Gasteiger partial charge on any atom is 0.410 e. The first-order chi connectivity index (χ1) is 12.6. The number of carbonyl (C=O) groups is 1. The van der Waals surface area contributed by atoms with Crippen LogP contribution in [0.1, 0.15) is 75.2 Å². The minimum absolute atomic E-state index is 0.0375. The van der Waals surface area contributed by atoms with Gasteiger partial charge in [-0.3, -0.25) is 0 Å². The monoisotopic (exact) mass is 393 g/mol. The first-order valence-electron chi connectivity index (χ1n) is 11.2. The van der Waals surface area contributed by atoms with Crippen LogP contribution in [0.4, 0.5) is 4.79 Å². The highest BCUT2D eigenvalue weighted by Gasteiger charge is 2.56. The smallest absolute Gasteiger partial charge is 0.410 e. The van der Waals surface area contributed by atoms with Crippen LogP contribution in [0.3, 0.4) is 0 Å². The molecular weight excluding hydrogens is 350 g/mol. The summed E-state index contributed by atoms with van der Waals surface area (Å²) in [6.45, 7) is 20.1. The Bertz CT molecular complexity index is 546. The molecule has 0 unspecified atom stereocenters. The summed E-state index contributed by atoms with van der Waals surface area (Å²) in [6.07, 6.45) is 4.79. The van der Waals surface area contributed by atoms with Crippen molar-refractivity contribution in [1.29, 1.82) is 0 Å². The number of hydrogen-bond acceptors (Lipinski definition) is 2. The Morgan fingerprint density at radius 2 is 1.67 bits per heavy atom. The fraction of sp³-hybridized carbons (Fsp3) is 0.870. The minimum atomic E-state index is -1.73. The molecule has 3 rings (SSSR count). The van der Waals surface area contributed by atoms with Crippen LogP contribution < -0.4 is 0 Å². The van der Waals surface area contributed by atoms with Crippen molar-refractivity contribution in [2.75, 3.05) is 0 Å². The topological polar surface area (TPSA) is 29.5 Å². The fourth-order valence-electron chi connectivity index (χ4n) is 5.72. The highest BCUT2D eigenvalue weighted by molar-refractivity contribution is 6.81. The van der Waals surface area contributed by atoms with Gasteiger partial charge in [-0.05, 0) is 63.4 Å². The lowest BCUT2D eigenvalue weighted by molar-refractivity contribution is -0.0204. The van der Waals surface area contributed by atoms with Crippen molar-refractivity contribution in [2.45, 2.75) is 111 Å². The third-order valence-electron chi connectivity index (χ3n) is 8.02. The van der Waals surface area contributed by atoms with Gasteiger partial charge in [-0.1, -0.05) is 58.8 Å². The third-order valence-corrected chi connectivity index (χ3v) is 13.8. The van der Waals surface area contributed by atoms with Crippen LogP contribution in [0.15, 0.2) is 11.6 Å². The number of fused-ring (bicyclic) bond motifs is 1. The number of rotatable bonds is 8. The summed E-state index contributed by atoms with van der Waals surface area (Å²) < 4.78 is 6.48. The maximum atomic E-state index is 13.3. The van der Waals surface area contributed by atoms with E-state index in [1.165, 1.54) is 30.1 Å². The number of allylic oxidation sites excluding steroid dienone is 1. The average molecular weight is 394 g/mol. The van der Waals surface area contributed by atoms with Crippen molar-refractivity contribution in [3.8, 4) is 0 Å². The molecule has 3 aliphatic rings. The average Bonchev–Trinajstić information content (AvgIpc) is 2.61. The summed E-state index contributed by atoms with van der Waals surface area (Å²) in [5, 5.41) is 0. The van der Waals surface area contributed by atoms with Crippen molar-refractivity contribution in [3.63, 3.8) is 0 Å². The van der Waals surface area contributed by atoms with Gasteiger partial charge in [0.25, 0.3) is 0 Å². The molecule has 0 aromatic carbocycles.